The average Bonchev–Trinajstić information content (AvgIpc) is 2.25. The third-order valence-electron chi connectivity index (χ3n) is 2.80. The third-order valence-corrected chi connectivity index (χ3v) is 2.80. The standard InChI is InChI=1S/C15H28O/c1-3-4-5-6-7-8-9-10-11-12-13-14-15(2)16/h11-12H,3-10,13-14H2,1-2H3. The molecular formula is C15H28O. The van der Waals surface area contributed by atoms with Crippen LogP contribution in [0.4, 0.5) is 0 Å². The summed E-state index contributed by atoms with van der Waals surface area (Å²) in [5, 5.41) is 0. The zero-order valence-electron chi connectivity index (χ0n) is 11.1. The molecular weight excluding hydrogens is 196 g/mol. The number of rotatable bonds is 11. The minimum atomic E-state index is 0.292. The molecule has 0 saturated carbocycles. The van der Waals surface area contributed by atoms with E-state index in [0.717, 1.165) is 6.42 Å². The molecule has 0 saturated heterocycles. The van der Waals surface area contributed by atoms with Crippen molar-refractivity contribution in [2.45, 2.75) is 78.1 Å². The van der Waals surface area contributed by atoms with Gasteiger partial charge in [-0.25, -0.2) is 0 Å². The summed E-state index contributed by atoms with van der Waals surface area (Å²) < 4.78 is 0. The summed E-state index contributed by atoms with van der Waals surface area (Å²) in [6, 6.07) is 0. The van der Waals surface area contributed by atoms with Gasteiger partial charge >= 0.3 is 0 Å². The Hall–Kier alpha value is -0.590. The second-order valence-corrected chi connectivity index (χ2v) is 4.62. The van der Waals surface area contributed by atoms with Crippen LogP contribution in [0.15, 0.2) is 12.2 Å². The highest BCUT2D eigenvalue weighted by Gasteiger charge is 1.90. The summed E-state index contributed by atoms with van der Waals surface area (Å²) in [7, 11) is 0. The number of unbranched alkanes of at least 4 members (excludes halogenated alkanes) is 7. The fraction of sp³-hybridized carbons (Fsp3) is 0.800. The van der Waals surface area contributed by atoms with Gasteiger partial charge in [-0.05, 0) is 26.2 Å². The van der Waals surface area contributed by atoms with Gasteiger partial charge in [0.15, 0.2) is 0 Å². The topological polar surface area (TPSA) is 17.1 Å². The van der Waals surface area contributed by atoms with Crippen LogP contribution in [0.2, 0.25) is 0 Å². The van der Waals surface area contributed by atoms with E-state index in [-0.39, 0.29) is 0 Å². The molecule has 1 nitrogen and oxygen atoms in total. The maximum atomic E-state index is 10.7. The summed E-state index contributed by atoms with van der Waals surface area (Å²) in [5.74, 6) is 0.292. The van der Waals surface area contributed by atoms with Gasteiger partial charge in [0, 0.05) is 6.42 Å². The predicted octanol–water partition coefficient (Wildman–Crippen LogP) is 5.05. The molecule has 94 valence electrons. The molecule has 1 heteroatoms. The summed E-state index contributed by atoms with van der Waals surface area (Å²) in [4.78, 5) is 10.7. The molecule has 0 atom stereocenters. The third kappa shape index (κ3) is 13.4. The molecule has 0 aromatic carbocycles. The molecule has 0 unspecified atom stereocenters. The van der Waals surface area contributed by atoms with Crippen molar-refractivity contribution in [1.29, 1.82) is 0 Å². The minimum absolute atomic E-state index is 0.292. The van der Waals surface area contributed by atoms with Gasteiger partial charge in [0.1, 0.15) is 5.78 Å². The van der Waals surface area contributed by atoms with E-state index in [1.807, 2.05) is 0 Å². The lowest BCUT2D eigenvalue weighted by molar-refractivity contribution is -0.116. The van der Waals surface area contributed by atoms with Crippen molar-refractivity contribution >= 4 is 5.78 Å². The zero-order valence-corrected chi connectivity index (χ0v) is 11.1. The second-order valence-electron chi connectivity index (χ2n) is 4.62. The Bertz CT molecular complexity index is 182. The molecule has 0 fully saturated rings. The second kappa shape index (κ2) is 12.5. The van der Waals surface area contributed by atoms with Gasteiger partial charge in [-0.3, -0.25) is 0 Å². The number of carbonyl (C=O) groups is 1. The predicted molar refractivity (Wildman–Crippen MR) is 71.7 cm³/mol. The minimum Gasteiger partial charge on any atom is -0.300 e. The SMILES string of the molecule is CCCCCCCCCC=CCCC(C)=O. The Balaban J connectivity index is 3.05. The normalized spacial score (nSPS) is 11.1. The van der Waals surface area contributed by atoms with Crippen molar-refractivity contribution < 1.29 is 4.79 Å². The molecule has 0 aliphatic rings. The van der Waals surface area contributed by atoms with E-state index in [9.17, 15) is 4.79 Å². The molecule has 0 N–H and O–H groups in total. The molecule has 0 aliphatic carbocycles. The van der Waals surface area contributed by atoms with Crippen molar-refractivity contribution in [3.05, 3.63) is 12.2 Å². The van der Waals surface area contributed by atoms with E-state index in [2.05, 4.69) is 19.1 Å². The Morgan fingerprint density at radius 3 is 2.06 bits per heavy atom. The quantitative estimate of drug-likeness (QED) is 0.354. The molecule has 0 amide bonds. The van der Waals surface area contributed by atoms with Gasteiger partial charge < -0.3 is 4.79 Å². The maximum absolute atomic E-state index is 10.7. The van der Waals surface area contributed by atoms with Crippen LogP contribution in [0.5, 0.6) is 0 Å². The first-order chi connectivity index (χ1) is 7.77. The summed E-state index contributed by atoms with van der Waals surface area (Å²) in [5.41, 5.74) is 0. The van der Waals surface area contributed by atoms with Crippen molar-refractivity contribution in [2.75, 3.05) is 0 Å². The summed E-state index contributed by atoms with van der Waals surface area (Å²) in [6.45, 7) is 3.91. The maximum Gasteiger partial charge on any atom is 0.130 e. The lowest BCUT2D eigenvalue weighted by Gasteiger charge is -1.98. The fourth-order valence-corrected chi connectivity index (χ4v) is 1.74. The molecule has 0 rings (SSSR count). The smallest absolute Gasteiger partial charge is 0.130 e. The Kier molecular flexibility index (Phi) is 12.0. The highest BCUT2D eigenvalue weighted by Crippen LogP contribution is 2.08. The number of carbonyl (C=O) groups excluding carboxylic acids is 1. The van der Waals surface area contributed by atoms with Gasteiger partial charge in [0.05, 0.1) is 0 Å². The average molecular weight is 224 g/mol. The van der Waals surface area contributed by atoms with Gasteiger partial charge in [0.2, 0.25) is 0 Å². The monoisotopic (exact) mass is 224 g/mol. The molecule has 0 bridgehead atoms. The van der Waals surface area contributed by atoms with Gasteiger partial charge in [-0.2, -0.15) is 0 Å². The molecule has 0 spiro atoms. The van der Waals surface area contributed by atoms with Crippen molar-refractivity contribution in [1.82, 2.24) is 0 Å². The van der Waals surface area contributed by atoms with Crippen LogP contribution in [0.25, 0.3) is 0 Å². The Labute approximate surface area is 101 Å². The Morgan fingerprint density at radius 2 is 1.44 bits per heavy atom. The number of hydrogen-bond acceptors (Lipinski definition) is 1. The van der Waals surface area contributed by atoms with Crippen LogP contribution in [-0.4, -0.2) is 5.78 Å². The van der Waals surface area contributed by atoms with Crippen molar-refractivity contribution in [2.24, 2.45) is 0 Å². The number of allylic oxidation sites excluding steroid dienone is 2. The van der Waals surface area contributed by atoms with Crippen LogP contribution < -0.4 is 0 Å². The van der Waals surface area contributed by atoms with Gasteiger partial charge in [-0.1, -0.05) is 57.6 Å². The molecule has 0 aliphatic heterocycles. The van der Waals surface area contributed by atoms with Crippen LogP contribution in [-0.2, 0) is 4.79 Å². The van der Waals surface area contributed by atoms with E-state index in [4.69, 9.17) is 0 Å². The lowest BCUT2D eigenvalue weighted by atomic mass is 10.1. The highest BCUT2D eigenvalue weighted by molar-refractivity contribution is 5.75. The van der Waals surface area contributed by atoms with Crippen LogP contribution in [0, 0.1) is 0 Å². The number of Topliss-reactive ketones (excluding diaryl/α,β-unsaturated/α-hetero) is 1. The molecule has 0 radical (unpaired) electrons. The molecule has 16 heavy (non-hydrogen) atoms. The van der Waals surface area contributed by atoms with E-state index in [1.54, 1.807) is 6.92 Å². The first-order valence-corrected chi connectivity index (χ1v) is 6.91. The number of ketones is 1. The molecule has 0 aromatic rings. The lowest BCUT2D eigenvalue weighted by Crippen LogP contribution is -1.86. The fourth-order valence-electron chi connectivity index (χ4n) is 1.74. The van der Waals surface area contributed by atoms with E-state index in [1.165, 1.54) is 51.4 Å². The number of hydrogen-bond donors (Lipinski definition) is 0. The van der Waals surface area contributed by atoms with Crippen LogP contribution in [0.3, 0.4) is 0 Å². The van der Waals surface area contributed by atoms with E-state index < -0.39 is 0 Å². The summed E-state index contributed by atoms with van der Waals surface area (Å²) >= 11 is 0. The summed E-state index contributed by atoms with van der Waals surface area (Å²) in [6.07, 6.45) is 16.8. The first kappa shape index (κ1) is 15.4. The van der Waals surface area contributed by atoms with Gasteiger partial charge in [-0.15, -0.1) is 0 Å². The largest absolute Gasteiger partial charge is 0.300 e. The van der Waals surface area contributed by atoms with E-state index in [0.29, 0.717) is 12.2 Å². The van der Waals surface area contributed by atoms with E-state index >= 15 is 0 Å². The molecule has 0 heterocycles. The van der Waals surface area contributed by atoms with Gasteiger partial charge in [0.25, 0.3) is 0 Å². The Morgan fingerprint density at radius 1 is 0.875 bits per heavy atom. The molecule has 0 aromatic heterocycles. The van der Waals surface area contributed by atoms with Crippen molar-refractivity contribution in [3.63, 3.8) is 0 Å². The van der Waals surface area contributed by atoms with Crippen molar-refractivity contribution in [3.8, 4) is 0 Å². The zero-order chi connectivity index (χ0) is 12.1. The van der Waals surface area contributed by atoms with Crippen LogP contribution >= 0.6 is 0 Å². The van der Waals surface area contributed by atoms with Crippen LogP contribution in [0.1, 0.15) is 78.1 Å². The first-order valence-electron chi connectivity index (χ1n) is 6.91. The highest BCUT2D eigenvalue weighted by atomic mass is 16.1.